The Kier molecular flexibility index (Phi) is 2.25. The highest BCUT2D eigenvalue weighted by molar-refractivity contribution is 7.13. The Balaban J connectivity index is 2.04. The molecule has 0 amide bonds. The van der Waals surface area contributed by atoms with E-state index in [-0.39, 0.29) is 0 Å². The van der Waals surface area contributed by atoms with E-state index >= 15 is 0 Å². The molecule has 0 unspecified atom stereocenters. The highest BCUT2D eigenvalue weighted by atomic mass is 32.1. The number of thiazole rings is 1. The van der Waals surface area contributed by atoms with Crippen LogP contribution in [-0.2, 0) is 12.8 Å². The van der Waals surface area contributed by atoms with Crippen molar-refractivity contribution in [3.05, 3.63) is 35.0 Å². The van der Waals surface area contributed by atoms with E-state index < -0.39 is 0 Å². The summed E-state index contributed by atoms with van der Waals surface area (Å²) < 4.78 is 0. The molecule has 0 spiro atoms. The maximum atomic E-state index is 4.70. The zero-order valence-corrected chi connectivity index (χ0v) is 9.26. The Morgan fingerprint density at radius 1 is 1.13 bits per heavy atom. The lowest BCUT2D eigenvalue weighted by atomic mass is 9.96. The molecule has 1 aliphatic carbocycles. The summed E-state index contributed by atoms with van der Waals surface area (Å²) in [6, 6.07) is 4.32. The third kappa shape index (κ3) is 1.67. The first-order chi connectivity index (χ1) is 7.43. The quantitative estimate of drug-likeness (QED) is 0.732. The van der Waals surface area contributed by atoms with E-state index in [0.717, 1.165) is 17.1 Å². The molecular weight excluding hydrogens is 204 g/mol. The minimum absolute atomic E-state index is 1.03. The van der Waals surface area contributed by atoms with Crippen molar-refractivity contribution < 1.29 is 0 Å². The number of rotatable bonds is 1. The molecular formula is C12H12N2S. The molecule has 3 heteroatoms. The predicted octanol–water partition coefficient (Wildman–Crippen LogP) is 3.08. The van der Waals surface area contributed by atoms with Gasteiger partial charge in [-0.3, -0.25) is 4.98 Å². The lowest BCUT2D eigenvalue weighted by Crippen LogP contribution is -2.05. The molecule has 0 aromatic carbocycles. The van der Waals surface area contributed by atoms with Gasteiger partial charge in [0.25, 0.3) is 0 Å². The summed E-state index contributed by atoms with van der Waals surface area (Å²) in [6.45, 7) is 0. The van der Waals surface area contributed by atoms with Gasteiger partial charge < -0.3 is 0 Å². The molecule has 0 N–H and O–H groups in total. The van der Waals surface area contributed by atoms with Crippen LogP contribution in [0.15, 0.2) is 23.7 Å². The van der Waals surface area contributed by atoms with Gasteiger partial charge in [0.05, 0.1) is 5.69 Å². The minimum Gasteiger partial charge on any atom is -0.250 e. The summed E-state index contributed by atoms with van der Waals surface area (Å²) in [6.07, 6.45) is 6.75. The zero-order valence-electron chi connectivity index (χ0n) is 8.44. The third-order valence-electron chi connectivity index (χ3n) is 2.83. The fraction of sp³-hybridized carbons (Fsp3) is 0.333. The normalized spacial score (nSPS) is 14.9. The molecule has 1 aliphatic rings. The second-order valence-electron chi connectivity index (χ2n) is 3.85. The number of hydrogen-bond acceptors (Lipinski definition) is 3. The van der Waals surface area contributed by atoms with Gasteiger partial charge in [-0.1, -0.05) is 6.07 Å². The summed E-state index contributed by atoms with van der Waals surface area (Å²) in [7, 11) is 0. The number of hydrogen-bond donors (Lipinski definition) is 0. The van der Waals surface area contributed by atoms with Crippen molar-refractivity contribution in [2.45, 2.75) is 25.7 Å². The first-order valence-corrected chi connectivity index (χ1v) is 6.20. The second kappa shape index (κ2) is 3.74. The average Bonchev–Trinajstić information content (AvgIpc) is 2.82. The first-order valence-electron chi connectivity index (χ1n) is 5.32. The van der Waals surface area contributed by atoms with Gasteiger partial charge in [-0.2, -0.15) is 0 Å². The number of aromatic nitrogens is 2. The fourth-order valence-corrected chi connectivity index (χ4v) is 2.66. The van der Waals surface area contributed by atoms with Gasteiger partial charge in [0.15, 0.2) is 0 Å². The fourth-order valence-electron chi connectivity index (χ4n) is 2.05. The number of fused-ring (bicyclic) bond motifs is 1. The summed E-state index contributed by atoms with van der Waals surface area (Å²) >= 11 is 1.65. The van der Waals surface area contributed by atoms with Crippen LogP contribution in [0.3, 0.4) is 0 Å². The van der Waals surface area contributed by atoms with E-state index in [1.165, 1.54) is 30.5 Å². The zero-order chi connectivity index (χ0) is 10.1. The largest absolute Gasteiger partial charge is 0.250 e. The molecule has 3 rings (SSSR count). The Morgan fingerprint density at radius 3 is 2.93 bits per heavy atom. The lowest BCUT2D eigenvalue weighted by molar-refractivity contribution is 0.668. The van der Waals surface area contributed by atoms with Crippen molar-refractivity contribution in [3.63, 3.8) is 0 Å². The summed E-state index contributed by atoms with van der Waals surface area (Å²) in [4.78, 5) is 9.00. The van der Waals surface area contributed by atoms with Gasteiger partial charge in [0, 0.05) is 17.3 Å². The Hall–Kier alpha value is -1.22. The Bertz CT molecular complexity index is 462. The topological polar surface area (TPSA) is 25.8 Å². The molecule has 2 heterocycles. The number of pyridine rings is 1. The van der Waals surface area contributed by atoms with Crippen molar-refractivity contribution in [1.29, 1.82) is 0 Å². The molecule has 76 valence electrons. The van der Waals surface area contributed by atoms with Crippen LogP contribution in [0.5, 0.6) is 0 Å². The molecule has 0 saturated heterocycles. The Labute approximate surface area is 93.0 Å². The van der Waals surface area contributed by atoms with Gasteiger partial charge in [0.2, 0.25) is 0 Å². The van der Waals surface area contributed by atoms with E-state index in [2.05, 4.69) is 17.1 Å². The van der Waals surface area contributed by atoms with Crippen LogP contribution in [-0.4, -0.2) is 9.97 Å². The second-order valence-corrected chi connectivity index (χ2v) is 4.74. The van der Waals surface area contributed by atoms with Gasteiger partial charge in [-0.05, 0) is 37.3 Å². The van der Waals surface area contributed by atoms with Crippen LogP contribution in [0.2, 0.25) is 0 Å². The van der Waals surface area contributed by atoms with Crippen LogP contribution in [0, 0.1) is 0 Å². The van der Waals surface area contributed by atoms with Crippen LogP contribution in [0.4, 0.5) is 0 Å². The molecule has 0 bridgehead atoms. The smallest absolute Gasteiger partial charge is 0.141 e. The van der Waals surface area contributed by atoms with E-state index in [0.29, 0.717) is 0 Å². The van der Waals surface area contributed by atoms with Gasteiger partial charge in [-0.25, -0.2) is 4.98 Å². The third-order valence-corrected chi connectivity index (χ3v) is 3.63. The van der Waals surface area contributed by atoms with Gasteiger partial charge in [-0.15, -0.1) is 11.3 Å². The summed E-state index contributed by atoms with van der Waals surface area (Å²) in [5.74, 6) is 0. The molecule has 0 aliphatic heterocycles. The standard InChI is InChI=1S/C12H12N2S/c1-2-4-10-9(3-1)5-6-11(14-10)12-13-7-8-15-12/h5-8H,1-4H2. The number of nitrogens with zero attached hydrogens (tertiary/aromatic N) is 2. The van der Waals surface area contributed by atoms with E-state index in [1.807, 2.05) is 11.6 Å². The summed E-state index contributed by atoms with van der Waals surface area (Å²) in [5, 5.41) is 3.03. The van der Waals surface area contributed by atoms with Crippen LogP contribution < -0.4 is 0 Å². The monoisotopic (exact) mass is 216 g/mol. The molecule has 0 radical (unpaired) electrons. The van der Waals surface area contributed by atoms with Crippen LogP contribution >= 0.6 is 11.3 Å². The first kappa shape index (κ1) is 9.04. The van der Waals surface area contributed by atoms with E-state index in [1.54, 1.807) is 11.3 Å². The SMILES string of the molecule is c1csc(-c2ccc3c(n2)CCCC3)n1. The number of aryl methyl sites for hydroxylation is 2. The van der Waals surface area contributed by atoms with E-state index in [9.17, 15) is 0 Å². The van der Waals surface area contributed by atoms with Crippen molar-refractivity contribution in [3.8, 4) is 10.7 Å². The van der Waals surface area contributed by atoms with Crippen molar-refractivity contribution in [2.24, 2.45) is 0 Å². The Morgan fingerprint density at radius 2 is 2.07 bits per heavy atom. The predicted molar refractivity (Wildman–Crippen MR) is 62.0 cm³/mol. The molecule has 2 aromatic heterocycles. The minimum atomic E-state index is 1.03. The maximum absolute atomic E-state index is 4.70. The molecule has 0 saturated carbocycles. The highest BCUT2D eigenvalue weighted by Gasteiger charge is 2.12. The van der Waals surface area contributed by atoms with E-state index in [4.69, 9.17) is 4.98 Å². The molecule has 0 atom stereocenters. The molecule has 2 nitrogen and oxygen atoms in total. The van der Waals surface area contributed by atoms with Crippen molar-refractivity contribution in [1.82, 2.24) is 9.97 Å². The van der Waals surface area contributed by atoms with Crippen LogP contribution in [0.1, 0.15) is 24.1 Å². The summed E-state index contributed by atoms with van der Waals surface area (Å²) in [5.41, 5.74) is 3.75. The average molecular weight is 216 g/mol. The highest BCUT2D eigenvalue weighted by Crippen LogP contribution is 2.25. The van der Waals surface area contributed by atoms with Crippen LogP contribution in [0.25, 0.3) is 10.7 Å². The van der Waals surface area contributed by atoms with Gasteiger partial charge in [0.1, 0.15) is 5.01 Å². The van der Waals surface area contributed by atoms with Crippen molar-refractivity contribution in [2.75, 3.05) is 0 Å². The maximum Gasteiger partial charge on any atom is 0.141 e. The molecule has 15 heavy (non-hydrogen) atoms. The lowest BCUT2D eigenvalue weighted by Gasteiger charge is -2.14. The van der Waals surface area contributed by atoms with Crippen molar-refractivity contribution >= 4 is 11.3 Å². The molecule has 2 aromatic rings. The molecule has 0 fully saturated rings. The van der Waals surface area contributed by atoms with Gasteiger partial charge >= 0.3 is 0 Å².